The van der Waals surface area contributed by atoms with E-state index in [-0.39, 0.29) is 6.16 Å². The Morgan fingerprint density at radius 2 is 1.43 bits per heavy atom. The van der Waals surface area contributed by atoms with Crippen molar-refractivity contribution in [1.82, 2.24) is 0 Å². The van der Waals surface area contributed by atoms with E-state index < -0.39 is 8.54 Å². The van der Waals surface area contributed by atoms with E-state index in [1.807, 2.05) is 0 Å². The molecule has 1 fully saturated rings. The smallest absolute Gasteiger partial charge is 0.189 e. The van der Waals surface area contributed by atoms with Crippen molar-refractivity contribution in [3.8, 4) is 0 Å². The molecule has 0 aromatic carbocycles. The molecule has 0 unspecified atom stereocenters. The van der Waals surface area contributed by atoms with Crippen LogP contribution in [0, 0.1) is 5.92 Å². The Kier molecular flexibility index (Phi) is 6.68. The summed E-state index contributed by atoms with van der Waals surface area (Å²) >= 11 is 0. The lowest BCUT2D eigenvalue weighted by Crippen LogP contribution is -1.83. The fourth-order valence-electron chi connectivity index (χ4n) is 1.78. The lowest BCUT2D eigenvalue weighted by Gasteiger charge is -2.00. The summed E-state index contributed by atoms with van der Waals surface area (Å²) in [4.78, 5) is 0. The van der Waals surface area contributed by atoms with Gasteiger partial charge in [-0.2, -0.15) is 8.39 Å². The molecule has 0 nitrogen and oxygen atoms in total. The van der Waals surface area contributed by atoms with Crippen molar-refractivity contribution in [3.63, 3.8) is 0 Å². The van der Waals surface area contributed by atoms with Gasteiger partial charge in [-0.1, -0.05) is 51.4 Å². The Morgan fingerprint density at radius 1 is 0.857 bits per heavy atom. The Morgan fingerprint density at radius 3 is 2.00 bits per heavy atom. The second-order valence-corrected chi connectivity index (χ2v) is 5.43. The maximum absolute atomic E-state index is 11.8. The summed E-state index contributed by atoms with van der Waals surface area (Å²) in [5, 5.41) is 0. The summed E-state index contributed by atoms with van der Waals surface area (Å²) in [7, 11) is -2.63. The monoisotopic (exact) mass is 222 g/mol. The van der Waals surface area contributed by atoms with Gasteiger partial charge in [-0.05, 0) is 12.3 Å². The maximum Gasteiger partial charge on any atom is 0.266 e. The Labute approximate surface area is 87.5 Å². The van der Waals surface area contributed by atoms with E-state index in [0.29, 0.717) is 0 Å². The molecule has 0 spiro atoms. The molecule has 0 aliphatic heterocycles. The molecule has 0 heterocycles. The van der Waals surface area contributed by atoms with Gasteiger partial charge in [0.25, 0.3) is 8.54 Å². The van der Waals surface area contributed by atoms with Gasteiger partial charge in [-0.15, -0.1) is 0 Å². The quantitative estimate of drug-likeness (QED) is 0.363. The normalized spacial score (nSPS) is 16.5. The average molecular weight is 222 g/mol. The zero-order valence-corrected chi connectivity index (χ0v) is 9.75. The van der Waals surface area contributed by atoms with Crippen LogP contribution in [0.15, 0.2) is 0 Å². The summed E-state index contributed by atoms with van der Waals surface area (Å²) in [5.74, 6) is 1.05. The Balaban J connectivity index is 1.66. The molecule has 84 valence electrons. The minimum atomic E-state index is -2.63. The van der Waals surface area contributed by atoms with Crippen LogP contribution in [0.3, 0.4) is 0 Å². The predicted molar refractivity (Wildman–Crippen MR) is 59.0 cm³/mol. The summed E-state index contributed by atoms with van der Waals surface area (Å²) in [6.07, 6.45) is 11.3. The summed E-state index contributed by atoms with van der Waals surface area (Å²) in [5.41, 5.74) is 0. The molecule has 0 saturated heterocycles. The van der Waals surface area contributed by atoms with Gasteiger partial charge in [0.1, 0.15) is 0 Å². The van der Waals surface area contributed by atoms with Gasteiger partial charge in [-0.3, -0.25) is 0 Å². The van der Waals surface area contributed by atoms with Crippen LogP contribution in [-0.2, 0) is 0 Å². The fraction of sp³-hybridized carbons (Fsp3) is 1.00. The second kappa shape index (κ2) is 7.56. The SMILES string of the molecule is FP(F)CCCCCCCCC1CC1. The molecule has 1 aliphatic carbocycles. The van der Waals surface area contributed by atoms with E-state index in [1.165, 1.54) is 38.5 Å². The third-order valence-corrected chi connectivity index (χ3v) is 3.54. The predicted octanol–water partition coefficient (Wildman–Crippen LogP) is 5.38. The van der Waals surface area contributed by atoms with Gasteiger partial charge in [0.05, 0.1) is 0 Å². The van der Waals surface area contributed by atoms with E-state index >= 15 is 0 Å². The Bertz CT molecular complexity index is 127. The van der Waals surface area contributed by atoms with Crippen molar-refractivity contribution in [2.24, 2.45) is 5.92 Å². The molecule has 3 heteroatoms. The molecule has 0 atom stereocenters. The highest BCUT2D eigenvalue weighted by molar-refractivity contribution is 7.46. The number of hydrogen-bond acceptors (Lipinski definition) is 0. The molecule has 0 bridgehead atoms. The zero-order chi connectivity index (χ0) is 10.2. The molecule has 0 aromatic heterocycles. The molecule has 0 N–H and O–H groups in total. The van der Waals surface area contributed by atoms with E-state index in [2.05, 4.69) is 0 Å². The lowest BCUT2D eigenvalue weighted by atomic mass is 10.1. The zero-order valence-electron chi connectivity index (χ0n) is 8.85. The van der Waals surface area contributed by atoms with E-state index in [1.54, 1.807) is 0 Å². The van der Waals surface area contributed by atoms with Crippen LogP contribution in [0.5, 0.6) is 0 Å². The molecule has 1 saturated carbocycles. The van der Waals surface area contributed by atoms with Gasteiger partial charge < -0.3 is 0 Å². The van der Waals surface area contributed by atoms with Crippen LogP contribution in [0.2, 0.25) is 0 Å². The first-order chi connectivity index (χ1) is 6.79. The van der Waals surface area contributed by atoms with Crippen molar-refractivity contribution in [3.05, 3.63) is 0 Å². The van der Waals surface area contributed by atoms with Crippen molar-refractivity contribution in [2.45, 2.75) is 57.8 Å². The van der Waals surface area contributed by atoms with E-state index in [4.69, 9.17) is 0 Å². The number of unbranched alkanes of at least 4 members (excludes halogenated alkanes) is 5. The topological polar surface area (TPSA) is 0 Å². The highest BCUT2D eigenvalue weighted by Gasteiger charge is 2.19. The molecular formula is C11H21F2P. The number of hydrogen-bond donors (Lipinski definition) is 0. The summed E-state index contributed by atoms with van der Waals surface area (Å²) in [6, 6.07) is 0. The van der Waals surface area contributed by atoms with Crippen molar-refractivity contribution >= 4 is 8.54 Å². The second-order valence-electron chi connectivity index (χ2n) is 4.38. The van der Waals surface area contributed by atoms with Crippen LogP contribution in [-0.4, -0.2) is 6.16 Å². The summed E-state index contributed by atoms with van der Waals surface area (Å²) in [6.45, 7) is 0. The summed E-state index contributed by atoms with van der Waals surface area (Å²) < 4.78 is 23.7. The van der Waals surface area contributed by atoms with Gasteiger partial charge in [0.2, 0.25) is 0 Å². The standard InChI is InChI=1S/C11H21F2P/c12-14(13)10-6-4-2-1-3-5-7-11-8-9-11/h11H,1-10H2. The fourth-order valence-corrected chi connectivity index (χ4v) is 2.24. The molecule has 14 heavy (non-hydrogen) atoms. The minimum Gasteiger partial charge on any atom is -0.189 e. The van der Waals surface area contributed by atoms with E-state index in [0.717, 1.165) is 25.2 Å². The highest BCUT2D eigenvalue weighted by Crippen LogP contribution is 2.39. The van der Waals surface area contributed by atoms with Crippen LogP contribution < -0.4 is 0 Å². The molecule has 0 amide bonds. The maximum atomic E-state index is 11.8. The van der Waals surface area contributed by atoms with Gasteiger partial charge in [0, 0.05) is 6.16 Å². The first-order valence-corrected chi connectivity index (χ1v) is 7.19. The van der Waals surface area contributed by atoms with Crippen LogP contribution >= 0.6 is 8.54 Å². The van der Waals surface area contributed by atoms with Crippen LogP contribution in [0.25, 0.3) is 0 Å². The van der Waals surface area contributed by atoms with Gasteiger partial charge in [-0.25, -0.2) is 0 Å². The largest absolute Gasteiger partial charge is 0.266 e. The molecule has 1 rings (SSSR count). The number of rotatable bonds is 9. The number of halogens is 2. The molecule has 0 radical (unpaired) electrons. The van der Waals surface area contributed by atoms with E-state index in [9.17, 15) is 8.39 Å². The van der Waals surface area contributed by atoms with Crippen molar-refractivity contribution in [1.29, 1.82) is 0 Å². The van der Waals surface area contributed by atoms with Crippen LogP contribution in [0.4, 0.5) is 8.39 Å². The Hall–Kier alpha value is 0.290. The first kappa shape index (κ1) is 12.4. The minimum absolute atomic E-state index is 0.164. The molecule has 0 aromatic rings. The highest BCUT2D eigenvalue weighted by atomic mass is 31.2. The molecular weight excluding hydrogens is 201 g/mol. The first-order valence-electron chi connectivity index (χ1n) is 5.88. The third-order valence-electron chi connectivity index (χ3n) is 2.89. The lowest BCUT2D eigenvalue weighted by molar-refractivity contribution is 0.566. The third kappa shape index (κ3) is 7.67. The van der Waals surface area contributed by atoms with Crippen LogP contribution in [0.1, 0.15) is 57.8 Å². The molecule has 1 aliphatic rings. The van der Waals surface area contributed by atoms with Gasteiger partial charge >= 0.3 is 0 Å². The van der Waals surface area contributed by atoms with Crippen molar-refractivity contribution < 1.29 is 8.39 Å². The van der Waals surface area contributed by atoms with Gasteiger partial charge in [0.15, 0.2) is 0 Å². The van der Waals surface area contributed by atoms with Crippen molar-refractivity contribution in [2.75, 3.05) is 6.16 Å². The average Bonchev–Trinajstić information content (AvgIpc) is 2.92.